The standard InChI is InChI=1S/C23H28ClN3O4/c1-16-15-27(19-7-4-17(5-8-19)23(29)31-3)13-12-26(16)11-10-22(28)25-20-14-18(24)6-9-21(20)30-2/h4-9,14,16H,10-13,15H2,1-3H3,(H,25,28). The number of hydrogen-bond donors (Lipinski definition) is 1. The van der Waals surface area contributed by atoms with Crippen LogP contribution in [0.2, 0.25) is 5.02 Å². The van der Waals surface area contributed by atoms with Crippen molar-refractivity contribution in [2.45, 2.75) is 19.4 Å². The molecule has 166 valence electrons. The lowest BCUT2D eigenvalue weighted by Crippen LogP contribution is -2.52. The number of amides is 1. The first-order chi connectivity index (χ1) is 14.9. The fourth-order valence-corrected chi connectivity index (χ4v) is 3.90. The van der Waals surface area contributed by atoms with Gasteiger partial charge in [-0.25, -0.2) is 4.79 Å². The van der Waals surface area contributed by atoms with Crippen LogP contribution < -0.4 is 15.0 Å². The van der Waals surface area contributed by atoms with Crippen LogP contribution in [-0.2, 0) is 9.53 Å². The maximum Gasteiger partial charge on any atom is 0.337 e. The van der Waals surface area contributed by atoms with Crippen LogP contribution >= 0.6 is 11.6 Å². The molecule has 0 radical (unpaired) electrons. The predicted octanol–water partition coefficient (Wildman–Crippen LogP) is 3.67. The van der Waals surface area contributed by atoms with Crippen LogP contribution in [0.15, 0.2) is 42.5 Å². The highest BCUT2D eigenvalue weighted by molar-refractivity contribution is 6.31. The summed E-state index contributed by atoms with van der Waals surface area (Å²) in [5, 5.41) is 3.43. The summed E-state index contributed by atoms with van der Waals surface area (Å²) >= 11 is 6.03. The average Bonchev–Trinajstić information content (AvgIpc) is 2.78. The molecule has 2 aromatic carbocycles. The van der Waals surface area contributed by atoms with Gasteiger partial charge in [0.25, 0.3) is 0 Å². The van der Waals surface area contributed by atoms with E-state index < -0.39 is 0 Å². The molecule has 1 fully saturated rings. The fraction of sp³-hybridized carbons (Fsp3) is 0.391. The minimum atomic E-state index is -0.335. The van der Waals surface area contributed by atoms with Crippen molar-refractivity contribution < 1.29 is 19.1 Å². The number of hydrogen-bond acceptors (Lipinski definition) is 6. The van der Waals surface area contributed by atoms with Gasteiger partial charge >= 0.3 is 5.97 Å². The molecule has 0 aromatic heterocycles. The molecule has 0 spiro atoms. The molecule has 1 heterocycles. The Labute approximate surface area is 187 Å². The minimum Gasteiger partial charge on any atom is -0.495 e. The molecule has 1 amide bonds. The number of piperazine rings is 1. The molecule has 0 saturated carbocycles. The summed E-state index contributed by atoms with van der Waals surface area (Å²) in [5.41, 5.74) is 2.19. The lowest BCUT2D eigenvalue weighted by atomic mass is 10.1. The highest BCUT2D eigenvalue weighted by Crippen LogP contribution is 2.28. The van der Waals surface area contributed by atoms with Gasteiger partial charge in [0.05, 0.1) is 25.5 Å². The lowest BCUT2D eigenvalue weighted by molar-refractivity contribution is -0.116. The molecule has 0 bridgehead atoms. The number of carbonyl (C=O) groups excluding carboxylic acids is 2. The van der Waals surface area contributed by atoms with Crippen molar-refractivity contribution in [2.75, 3.05) is 50.6 Å². The highest BCUT2D eigenvalue weighted by Gasteiger charge is 2.24. The van der Waals surface area contributed by atoms with Crippen LogP contribution in [0.1, 0.15) is 23.7 Å². The molecule has 1 unspecified atom stereocenters. The molecule has 7 nitrogen and oxygen atoms in total. The first-order valence-electron chi connectivity index (χ1n) is 10.2. The van der Waals surface area contributed by atoms with Gasteiger partial charge in [0.1, 0.15) is 5.75 Å². The van der Waals surface area contributed by atoms with Crippen molar-refractivity contribution in [3.05, 3.63) is 53.1 Å². The zero-order valence-corrected chi connectivity index (χ0v) is 18.8. The van der Waals surface area contributed by atoms with E-state index >= 15 is 0 Å². The molecular weight excluding hydrogens is 418 g/mol. The van der Waals surface area contributed by atoms with Gasteiger partial charge in [0.2, 0.25) is 5.91 Å². The van der Waals surface area contributed by atoms with Crippen molar-refractivity contribution in [1.82, 2.24) is 4.90 Å². The SMILES string of the molecule is COC(=O)c1ccc(N2CCN(CCC(=O)Nc3cc(Cl)ccc3OC)C(C)C2)cc1. The summed E-state index contributed by atoms with van der Waals surface area (Å²) in [6.07, 6.45) is 0.383. The Kier molecular flexibility index (Phi) is 7.76. The Hall–Kier alpha value is -2.77. The molecule has 3 rings (SSSR count). The summed E-state index contributed by atoms with van der Waals surface area (Å²) in [5.74, 6) is 0.171. The Morgan fingerprint density at radius 3 is 2.52 bits per heavy atom. The number of rotatable bonds is 7. The molecule has 1 aliphatic heterocycles. The minimum absolute atomic E-state index is 0.0754. The largest absolute Gasteiger partial charge is 0.495 e. The van der Waals surface area contributed by atoms with E-state index in [4.69, 9.17) is 21.1 Å². The Morgan fingerprint density at radius 1 is 1.13 bits per heavy atom. The van der Waals surface area contributed by atoms with E-state index in [0.717, 1.165) is 25.3 Å². The van der Waals surface area contributed by atoms with Crippen molar-refractivity contribution >= 4 is 34.9 Å². The van der Waals surface area contributed by atoms with E-state index in [1.807, 2.05) is 12.1 Å². The number of ether oxygens (including phenoxy) is 2. The molecule has 0 aliphatic carbocycles. The summed E-state index contributed by atoms with van der Waals surface area (Å²) in [4.78, 5) is 28.7. The third-order valence-electron chi connectivity index (χ3n) is 5.48. The highest BCUT2D eigenvalue weighted by atomic mass is 35.5. The van der Waals surface area contributed by atoms with Crippen LogP contribution in [0.3, 0.4) is 0 Å². The van der Waals surface area contributed by atoms with Crippen LogP contribution in [0.4, 0.5) is 11.4 Å². The normalized spacial score (nSPS) is 16.6. The number of methoxy groups -OCH3 is 2. The second kappa shape index (κ2) is 10.5. The zero-order valence-electron chi connectivity index (χ0n) is 18.1. The first-order valence-corrected chi connectivity index (χ1v) is 10.6. The van der Waals surface area contributed by atoms with Gasteiger partial charge in [-0.2, -0.15) is 0 Å². The van der Waals surface area contributed by atoms with Crippen molar-refractivity contribution in [1.29, 1.82) is 0 Å². The van der Waals surface area contributed by atoms with Gasteiger partial charge in [-0.1, -0.05) is 11.6 Å². The lowest BCUT2D eigenvalue weighted by Gasteiger charge is -2.41. The average molecular weight is 446 g/mol. The molecule has 8 heteroatoms. The van der Waals surface area contributed by atoms with Crippen LogP contribution in [0.5, 0.6) is 5.75 Å². The second-order valence-corrected chi connectivity index (χ2v) is 7.95. The van der Waals surface area contributed by atoms with Crippen molar-refractivity contribution in [2.24, 2.45) is 0 Å². The summed E-state index contributed by atoms with van der Waals surface area (Å²) in [6, 6.07) is 12.9. The number of nitrogens with one attached hydrogen (secondary N) is 1. The molecule has 1 atom stereocenters. The van der Waals surface area contributed by atoms with Gasteiger partial charge in [-0.05, 0) is 49.4 Å². The Balaban J connectivity index is 1.51. The quantitative estimate of drug-likeness (QED) is 0.655. The van der Waals surface area contributed by atoms with E-state index in [0.29, 0.717) is 41.0 Å². The molecule has 1 saturated heterocycles. The number of halogens is 1. The maximum absolute atomic E-state index is 12.5. The molecule has 1 N–H and O–H groups in total. The number of esters is 1. The number of nitrogens with zero attached hydrogens (tertiary/aromatic N) is 2. The third-order valence-corrected chi connectivity index (χ3v) is 5.72. The third kappa shape index (κ3) is 5.89. The molecular formula is C23H28ClN3O4. The van der Waals surface area contributed by atoms with Gasteiger partial charge in [0, 0.05) is 49.4 Å². The van der Waals surface area contributed by atoms with Crippen molar-refractivity contribution in [3.63, 3.8) is 0 Å². The van der Waals surface area contributed by atoms with E-state index in [9.17, 15) is 9.59 Å². The Bertz CT molecular complexity index is 920. The fourth-order valence-electron chi connectivity index (χ4n) is 3.72. The number of benzene rings is 2. The van der Waals surface area contributed by atoms with Crippen molar-refractivity contribution in [3.8, 4) is 5.75 Å². The summed E-state index contributed by atoms with van der Waals surface area (Å²) in [6.45, 7) is 5.39. The zero-order chi connectivity index (χ0) is 22.4. The van der Waals surface area contributed by atoms with Crippen LogP contribution in [0.25, 0.3) is 0 Å². The second-order valence-electron chi connectivity index (χ2n) is 7.51. The summed E-state index contributed by atoms with van der Waals surface area (Å²) < 4.78 is 10.0. The van der Waals surface area contributed by atoms with E-state index in [-0.39, 0.29) is 11.9 Å². The molecule has 31 heavy (non-hydrogen) atoms. The van der Waals surface area contributed by atoms with E-state index in [1.165, 1.54) is 7.11 Å². The van der Waals surface area contributed by atoms with Gasteiger partial charge in [0.15, 0.2) is 0 Å². The first kappa shape index (κ1) is 22.9. The van der Waals surface area contributed by atoms with Gasteiger partial charge in [-0.3, -0.25) is 9.69 Å². The van der Waals surface area contributed by atoms with Gasteiger partial charge in [-0.15, -0.1) is 0 Å². The topological polar surface area (TPSA) is 71.1 Å². The number of anilines is 2. The monoisotopic (exact) mass is 445 g/mol. The van der Waals surface area contributed by atoms with Gasteiger partial charge < -0.3 is 19.7 Å². The van der Waals surface area contributed by atoms with E-state index in [2.05, 4.69) is 22.0 Å². The van der Waals surface area contributed by atoms with E-state index in [1.54, 1.807) is 37.4 Å². The smallest absolute Gasteiger partial charge is 0.337 e. The molecule has 1 aliphatic rings. The van der Waals surface area contributed by atoms with Crippen LogP contribution in [-0.4, -0.2) is 63.2 Å². The number of carbonyl (C=O) groups is 2. The predicted molar refractivity (Wildman–Crippen MR) is 122 cm³/mol. The Morgan fingerprint density at radius 2 is 1.87 bits per heavy atom. The summed E-state index contributed by atoms with van der Waals surface area (Å²) in [7, 11) is 2.94. The molecule has 2 aromatic rings. The maximum atomic E-state index is 12.5. The van der Waals surface area contributed by atoms with Crippen LogP contribution in [0, 0.1) is 0 Å².